The summed E-state index contributed by atoms with van der Waals surface area (Å²) in [7, 11) is 0. The van der Waals surface area contributed by atoms with Crippen LogP contribution in [0.15, 0.2) is 28.7 Å². The number of hydrogen-bond donors (Lipinski definition) is 1. The van der Waals surface area contributed by atoms with Gasteiger partial charge in [0.05, 0.1) is 11.1 Å². The fraction of sp³-hybridized carbons (Fsp3) is 0.455. The Balaban J connectivity index is 2.28. The first-order valence-corrected chi connectivity index (χ1v) is 5.62. The molecule has 0 aromatic heterocycles. The Labute approximate surface area is 93.6 Å². The summed E-state index contributed by atoms with van der Waals surface area (Å²) in [5, 5.41) is 0. The van der Waals surface area contributed by atoms with Gasteiger partial charge in [0.2, 0.25) is 0 Å². The van der Waals surface area contributed by atoms with Gasteiger partial charge < -0.3 is 10.5 Å². The molecule has 0 aliphatic rings. The molecule has 0 bridgehead atoms. The first-order valence-electron chi connectivity index (χ1n) is 4.83. The van der Waals surface area contributed by atoms with Gasteiger partial charge in [-0.3, -0.25) is 0 Å². The van der Waals surface area contributed by atoms with Crippen molar-refractivity contribution in [2.45, 2.75) is 25.8 Å². The van der Waals surface area contributed by atoms with Gasteiger partial charge in [0, 0.05) is 6.04 Å². The van der Waals surface area contributed by atoms with Gasteiger partial charge in [-0.1, -0.05) is 12.1 Å². The van der Waals surface area contributed by atoms with Crippen LogP contribution in [0.1, 0.15) is 19.8 Å². The number of ether oxygens (including phenoxy) is 1. The molecule has 0 saturated carbocycles. The van der Waals surface area contributed by atoms with Gasteiger partial charge in [0.1, 0.15) is 5.75 Å². The highest BCUT2D eigenvalue weighted by Gasteiger charge is 1.99. The second-order valence-electron chi connectivity index (χ2n) is 3.40. The van der Waals surface area contributed by atoms with Crippen LogP contribution in [0.25, 0.3) is 0 Å². The van der Waals surface area contributed by atoms with E-state index in [1.807, 2.05) is 31.2 Å². The van der Waals surface area contributed by atoms with Crippen molar-refractivity contribution in [2.24, 2.45) is 5.73 Å². The summed E-state index contributed by atoms with van der Waals surface area (Å²) in [4.78, 5) is 0. The van der Waals surface area contributed by atoms with E-state index in [2.05, 4.69) is 15.9 Å². The zero-order chi connectivity index (χ0) is 10.4. The van der Waals surface area contributed by atoms with Crippen LogP contribution in [0.4, 0.5) is 0 Å². The highest BCUT2D eigenvalue weighted by Crippen LogP contribution is 2.23. The van der Waals surface area contributed by atoms with Crippen LogP contribution < -0.4 is 10.5 Å². The van der Waals surface area contributed by atoms with Crippen molar-refractivity contribution in [3.63, 3.8) is 0 Å². The second-order valence-corrected chi connectivity index (χ2v) is 4.25. The Morgan fingerprint density at radius 1 is 1.43 bits per heavy atom. The molecule has 1 atom stereocenters. The molecule has 3 heteroatoms. The smallest absolute Gasteiger partial charge is 0.133 e. The maximum Gasteiger partial charge on any atom is 0.133 e. The van der Waals surface area contributed by atoms with E-state index in [-0.39, 0.29) is 6.04 Å². The monoisotopic (exact) mass is 257 g/mol. The van der Waals surface area contributed by atoms with Gasteiger partial charge in [-0.25, -0.2) is 0 Å². The minimum absolute atomic E-state index is 0.262. The Bertz CT molecular complexity index is 276. The van der Waals surface area contributed by atoms with E-state index in [4.69, 9.17) is 10.5 Å². The fourth-order valence-corrected chi connectivity index (χ4v) is 1.55. The molecule has 1 unspecified atom stereocenters. The van der Waals surface area contributed by atoms with E-state index in [0.717, 1.165) is 29.7 Å². The number of halogens is 1. The number of para-hydroxylation sites is 1. The molecule has 2 nitrogen and oxygen atoms in total. The van der Waals surface area contributed by atoms with Crippen LogP contribution in [-0.2, 0) is 0 Å². The van der Waals surface area contributed by atoms with Crippen molar-refractivity contribution >= 4 is 15.9 Å². The standard InChI is InChI=1S/C11H16BrNO/c1-9(13)5-4-8-14-11-7-3-2-6-10(11)12/h2-3,6-7,9H,4-5,8,13H2,1H3. The van der Waals surface area contributed by atoms with Crippen molar-refractivity contribution in [1.29, 1.82) is 0 Å². The van der Waals surface area contributed by atoms with Gasteiger partial charge in [-0.15, -0.1) is 0 Å². The largest absolute Gasteiger partial charge is 0.492 e. The maximum atomic E-state index is 5.64. The maximum absolute atomic E-state index is 5.64. The highest BCUT2D eigenvalue weighted by molar-refractivity contribution is 9.10. The van der Waals surface area contributed by atoms with E-state index in [9.17, 15) is 0 Å². The van der Waals surface area contributed by atoms with E-state index >= 15 is 0 Å². The third kappa shape index (κ3) is 4.11. The lowest BCUT2D eigenvalue weighted by Crippen LogP contribution is -2.15. The molecular weight excluding hydrogens is 242 g/mol. The van der Waals surface area contributed by atoms with Crippen LogP contribution in [0.2, 0.25) is 0 Å². The van der Waals surface area contributed by atoms with Crippen LogP contribution in [0, 0.1) is 0 Å². The fourth-order valence-electron chi connectivity index (χ4n) is 1.15. The average Bonchev–Trinajstić information content (AvgIpc) is 2.15. The van der Waals surface area contributed by atoms with E-state index < -0.39 is 0 Å². The normalized spacial score (nSPS) is 12.5. The highest BCUT2D eigenvalue weighted by atomic mass is 79.9. The number of benzene rings is 1. The predicted octanol–water partition coefficient (Wildman–Crippen LogP) is 2.96. The summed E-state index contributed by atoms with van der Waals surface area (Å²) < 4.78 is 6.59. The van der Waals surface area contributed by atoms with Crippen LogP contribution in [-0.4, -0.2) is 12.6 Å². The molecule has 0 spiro atoms. The Morgan fingerprint density at radius 3 is 2.79 bits per heavy atom. The summed E-state index contributed by atoms with van der Waals surface area (Å²) in [6, 6.07) is 8.12. The lowest BCUT2D eigenvalue weighted by atomic mass is 10.2. The lowest BCUT2D eigenvalue weighted by Gasteiger charge is -2.08. The molecule has 0 amide bonds. The van der Waals surface area contributed by atoms with Crippen LogP contribution in [0.3, 0.4) is 0 Å². The van der Waals surface area contributed by atoms with Crippen molar-refractivity contribution in [3.05, 3.63) is 28.7 Å². The summed E-state index contributed by atoms with van der Waals surface area (Å²) in [6.07, 6.45) is 2.00. The van der Waals surface area contributed by atoms with Crippen molar-refractivity contribution in [1.82, 2.24) is 0 Å². The third-order valence-corrected chi connectivity index (χ3v) is 2.55. The molecule has 1 aromatic carbocycles. The van der Waals surface area contributed by atoms with Crippen molar-refractivity contribution in [3.8, 4) is 5.75 Å². The molecule has 0 saturated heterocycles. The van der Waals surface area contributed by atoms with E-state index in [1.54, 1.807) is 0 Å². The molecule has 2 N–H and O–H groups in total. The summed E-state index contributed by atoms with van der Waals surface area (Å²) in [6.45, 7) is 2.74. The topological polar surface area (TPSA) is 35.2 Å². The zero-order valence-corrected chi connectivity index (χ0v) is 9.96. The summed E-state index contributed by atoms with van der Waals surface area (Å²) in [5.74, 6) is 0.900. The Kier molecular flexibility index (Phi) is 4.98. The van der Waals surface area contributed by atoms with Gasteiger partial charge in [-0.05, 0) is 47.8 Å². The van der Waals surface area contributed by atoms with Gasteiger partial charge in [0.25, 0.3) is 0 Å². The SMILES string of the molecule is CC(N)CCCOc1ccccc1Br. The molecule has 0 radical (unpaired) electrons. The van der Waals surface area contributed by atoms with Crippen molar-refractivity contribution in [2.75, 3.05) is 6.61 Å². The van der Waals surface area contributed by atoms with E-state index in [1.165, 1.54) is 0 Å². The zero-order valence-electron chi connectivity index (χ0n) is 8.37. The lowest BCUT2D eigenvalue weighted by molar-refractivity contribution is 0.301. The van der Waals surface area contributed by atoms with Crippen molar-refractivity contribution < 1.29 is 4.74 Å². The van der Waals surface area contributed by atoms with Gasteiger partial charge in [0.15, 0.2) is 0 Å². The molecule has 0 aliphatic heterocycles. The summed E-state index contributed by atoms with van der Waals surface area (Å²) >= 11 is 3.43. The molecular formula is C11H16BrNO. The Hall–Kier alpha value is -0.540. The molecule has 0 aliphatic carbocycles. The summed E-state index contributed by atoms with van der Waals surface area (Å²) in [5.41, 5.74) is 5.64. The minimum Gasteiger partial charge on any atom is -0.492 e. The minimum atomic E-state index is 0.262. The molecule has 0 fully saturated rings. The third-order valence-electron chi connectivity index (χ3n) is 1.90. The second kappa shape index (κ2) is 6.04. The average molecular weight is 258 g/mol. The number of nitrogens with two attached hydrogens (primary N) is 1. The quantitative estimate of drug-likeness (QED) is 0.824. The predicted molar refractivity (Wildman–Crippen MR) is 62.5 cm³/mol. The molecule has 78 valence electrons. The van der Waals surface area contributed by atoms with E-state index in [0.29, 0.717) is 0 Å². The molecule has 1 aromatic rings. The van der Waals surface area contributed by atoms with Gasteiger partial charge >= 0.3 is 0 Å². The molecule has 0 heterocycles. The van der Waals surface area contributed by atoms with Crippen LogP contribution in [0.5, 0.6) is 5.75 Å². The van der Waals surface area contributed by atoms with Crippen LogP contribution >= 0.6 is 15.9 Å². The Morgan fingerprint density at radius 2 is 2.14 bits per heavy atom. The molecule has 1 rings (SSSR count). The number of hydrogen-bond acceptors (Lipinski definition) is 2. The number of rotatable bonds is 5. The first-order chi connectivity index (χ1) is 6.70. The molecule has 14 heavy (non-hydrogen) atoms. The van der Waals surface area contributed by atoms with Gasteiger partial charge in [-0.2, -0.15) is 0 Å². The first kappa shape index (κ1) is 11.5.